The van der Waals surface area contributed by atoms with E-state index in [1.165, 1.54) is 0 Å². The van der Waals surface area contributed by atoms with Crippen molar-refractivity contribution in [1.29, 1.82) is 0 Å². The molecule has 2 aromatic rings. The maximum atomic E-state index is 13.1. The molecule has 0 bridgehead atoms. The summed E-state index contributed by atoms with van der Waals surface area (Å²) in [7, 11) is 0. The Balaban J connectivity index is 1.51. The first-order chi connectivity index (χ1) is 16.8. The Morgan fingerprint density at radius 1 is 1.17 bits per heavy atom. The smallest absolute Gasteiger partial charge is 0.309 e. The standard InChI is InChI=1S/C25H31N5O5/c1-4-35-24(34)16-9-11-30(12-10-16)25-28-21-20(23(33)29-25)18(13-19(31)27-21)22(32)26-17-7-5-15(6-8-17)14(2)3/h5-8,14,16,18H,4,9-13H2,1-3H3,(H,26,32)(H2,27,28,29,31,33)/t18-/m1/s1. The maximum Gasteiger partial charge on any atom is 0.309 e. The summed E-state index contributed by atoms with van der Waals surface area (Å²) >= 11 is 0. The van der Waals surface area contributed by atoms with Crippen LogP contribution in [0, 0.1) is 5.92 Å². The van der Waals surface area contributed by atoms with Gasteiger partial charge < -0.3 is 20.3 Å². The summed E-state index contributed by atoms with van der Waals surface area (Å²) in [5.41, 5.74) is 1.42. The van der Waals surface area contributed by atoms with Gasteiger partial charge in [0.25, 0.3) is 5.56 Å². The zero-order valence-corrected chi connectivity index (χ0v) is 20.2. The number of hydrogen-bond acceptors (Lipinski definition) is 7. The van der Waals surface area contributed by atoms with Crippen molar-refractivity contribution in [3.63, 3.8) is 0 Å². The number of esters is 1. The molecule has 0 aliphatic carbocycles. The summed E-state index contributed by atoms with van der Waals surface area (Å²) in [5, 5.41) is 5.46. The molecule has 10 nitrogen and oxygen atoms in total. The number of aromatic nitrogens is 2. The van der Waals surface area contributed by atoms with Crippen molar-refractivity contribution < 1.29 is 19.1 Å². The third-order valence-corrected chi connectivity index (χ3v) is 6.51. The molecular formula is C25H31N5O5. The number of nitrogens with one attached hydrogen (secondary N) is 3. The number of carbonyl (C=O) groups is 3. The van der Waals surface area contributed by atoms with Crippen LogP contribution in [-0.4, -0.2) is 47.4 Å². The molecule has 2 aliphatic heterocycles. The molecule has 1 saturated heterocycles. The van der Waals surface area contributed by atoms with E-state index in [1.807, 2.05) is 29.2 Å². The summed E-state index contributed by atoms with van der Waals surface area (Å²) < 4.78 is 5.10. The van der Waals surface area contributed by atoms with Gasteiger partial charge in [0.05, 0.1) is 24.0 Å². The van der Waals surface area contributed by atoms with Gasteiger partial charge in [0, 0.05) is 25.2 Å². The van der Waals surface area contributed by atoms with Gasteiger partial charge in [0.15, 0.2) is 0 Å². The number of rotatable bonds is 6. The van der Waals surface area contributed by atoms with Gasteiger partial charge in [-0.25, -0.2) is 0 Å². The number of aromatic amines is 1. The molecule has 0 spiro atoms. The maximum absolute atomic E-state index is 13.1. The highest BCUT2D eigenvalue weighted by molar-refractivity contribution is 6.04. The second-order valence-electron chi connectivity index (χ2n) is 9.24. The number of benzene rings is 1. The van der Waals surface area contributed by atoms with E-state index in [9.17, 15) is 19.2 Å². The van der Waals surface area contributed by atoms with Gasteiger partial charge in [-0.2, -0.15) is 4.98 Å². The van der Waals surface area contributed by atoms with E-state index in [2.05, 4.69) is 34.4 Å². The summed E-state index contributed by atoms with van der Waals surface area (Å²) in [4.78, 5) is 59.6. The van der Waals surface area contributed by atoms with Crippen LogP contribution in [0.25, 0.3) is 0 Å². The normalized spacial score (nSPS) is 18.1. The lowest BCUT2D eigenvalue weighted by molar-refractivity contribution is -0.148. The van der Waals surface area contributed by atoms with Crippen LogP contribution in [0.4, 0.5) is 17.5 Å². The van der Waals surface area contributed by atoms with Crippen LogP contribution in [-0.2, 0) is 19.1 Å². The van der Waals surface area contributed by atoms with Crippen molar-refractivity contribution in [3.05, 3.63) is 45.7 Å². The van der Waals surface area contributed by atoms with E-state index in [4.69, 9.17) is 4.74 Å². The van der Waals surface area contributed by atoms with E-state index in [-0.39, 0.29) is 35.6 Å². The minimum Gasteiger partial charge on any atom is -0.466 e. The molecule has 35 heavy (non-hydrogen) atoms. The van der Waals surface area contributed by atoms with Gasteiger partial charge >= 0.3 is 5.97 Å². The summed E-state index contributed by atoms with van der Waals surface area (Å²) in [6.45, 7) is 7.31. The minimum absolute atomic E-state index is 0.0998. The first-order valence-electron chi connectivity index (χ1n) is 12.0. The molecule has 0 unspecified atom stereocenters. The number of nitrogens with zero attached hydrogens (tertiary/aromatic N) is 2. The molecule has 3 N–H and O–H groups in total. The SMILES string of the molecule is CCOC(=O)C1CCN(c2nc3c(c(=O)[nH]2)[C@H](C(=O)Nc2ccc(C(C)C)cc2)CC(=O)N3)CC1. The van der Waals surface area contributed by atoms with E-state index < -0.39 is 17.4 Å². The molecule has 0 radical (unpaired) electrons. The Bertz CT molecular complexity index is 1170. The molecule has 186 valence electrons. The lowest BCUT2D eigenvalue weighted by Crippen LogP contribution is -2.41. The van der Waals surface area contributed by atoms with Gasteiger partial charge in [-0.3, -0.25) is 24.2 Å². The van der Waals surface area contributed by atoms with E-state index in [0.29, 0.717) is 50.1 Å². The van der Waals surface area contributed by atoms with Crippen molar-refractivity contribution in [2.45, 2.75) is 51.9 Å². The lowest BCUT2D eigenvalue weighted by Gasteiger charge is -2.32. The first-order valence-corrected chi connectivity index (χ1v) is 12.0. The van der Waals surface area contributed by atoms with Crippen LogP contribution < -0.4 is 21.1 Å². The third kappa shape index (κ3) is 5.36. The third-order valence-electron chi connectivity index (χ3n) is 6.51. The van der Waals surface area contributed by atoms with Crippen molar-refractivity contribution in [3.8, 4) is 0 Å². The Morgan fingerprint density at radius 3 is 2.49 bits per heavy atom. The lowest BCUT2D eigenvalue weighted by atomic mass is 9.92. The average molecular weight is 482 g/mol. The Labute approximate surface area is 203 Å². The molecule has 1 atom stereocenters. The van der Waals surface area contributed by atoms with Crippen molar-refractivity contribution in [1.82, 2.24) is 9.97 Å². The fourth-order valence-electron chi connectivity index (χ4n) is 4.50. The van der Waals surface area contributed by atoms with Crippen LogP contribution in [0.3, 0.4) is 0 Å². The summed E-state index contributed by atoms with van der Waals surface area (Å²) in [6, 6.07) is 7.49. The van der Waals surface area contributed by atoms with E-state index >= 15 is 0 Å². The zero-order valence-electron chi connectivity index (χ0n) is 20.2. The molecule has 4 rings (SSSR count). The van der Waals surface area contributed by atoms with Crippen LogP contribution in [0.1, 0.15) is 63.0 Å². The highest BCUT2D eigenvalue weighted by Crippen LogP contribution is 2.31. The van der Waals surface area contributed by atoms with Crippen LogP contribution >= 0.6 is 0 Å². The number of carbonyl (C=O) groups excluding carboxylic acids is 3. The fourth-order valence-corrected chi connectivity index (χ4v) is 4.50. The van der Waals surface area contributed by atoms with Crippen LogP contribution in [0.15, 0.2) is 29.1 Å². The molecule has 1 aromatic carbocycles. The van der Waals surface area contributed by atoms with Crippen LogP contribution in [0.5, 0.6) is 0 Å². The fraction of sp³-hybridized carbons (Fsp3) is 0.480. The molecule has 1 fully saturated rings. The number of hydrogen-bond donors (Lipinski definition) is 3. The highest BCUT2D eigenvalue weighted by atomic mass is 16.5. The largest absolute Gasteiger partial charge is 0.466 e. The molecule has 2 aliphatic rings. The minimum atomic E-state index is -0.955. The summed E-state index contributed by atoms with van der Waals surface area (Å²) in [5.74, 6) is -1.39. The Kier molecular flexibility index (Phi) is 7.18. The number of H-pyrrole nitrogens is 1. The molecule has 2 amide bonds. The average Bonchev–Trinajstić information content (AvgIpc) is 2.83. The number of anilines is 3. The van der Waals surface area contributed by atoms with Crippen molar-refractivity contribution in [2.75, 3.05) is 35.2 Å². The monoisotopic (exact) mass is 481 g/mol. The predicted molar refractivity (Wildman–Crippen MR) is 132 cm³/mol. The van der Waals surface area contributed by atoms with Crippen molar-refractivity contribution >= 4 is 35.2 Å². The quantitative estimate of drug-likeness (QED) is 0.540. The van der Waals surface area contributed by atoms with Gasteiger partial charge in [-0.1, -0.05) is 26.0 Å². The van der Waals surface area contributed by atoms with Gasteiger partial charge in [0.1, 0.15) is 5.82 Å². The highest BCUT2D eigenvalue weighted by Gasteiger charge is 2.36. The second-order valence-corrected chi connectivity index (χ2v) is 9.24. The molecule has 0 saturated carbocycles. The predicted octanol–water partition coefficient (Wildman–Crippen LogP) is 2.74. The molecular weight excluding hydrogens is 450 g/mol. The first kappa shape index (κ1) is 24.4. The Morgan fingerprint density at radius 2 is 1.86 bits per heavy atom. The topological polar surface area (TPSA) is 133 Å². The number of piperidine rings is 1. The van der Waals surface area contributed by atoms with Gasteiger partial charge in [0.2, 0.25) is 17.8 Å². The summed E-state index contributed by atoms with van der Waals surface area (Å²) in [6.07, 6.45) is 1.01. The van der Waals surface area contributed by atoms with Crippen molar-refractivity contribution in [2.24, 2.45) is 5.92 Å². The van der Waals surface area contributed by atoms with Gasteiger partial charge in [-0.15, -0.1) is 0 Å². The zero-order chi connectivity index (χ0) is 25.1. The molecule has 1 aromatic heterocycles. The number of amides is 2. The van der Waals surface area contributed by atoms with E-state index in [0.717, 1.165) is 5.56 Å². The molecule has 3 heterocycles. The number of fused-ring (bicyclic) bond motifs is 1. The van der Waals surface area contributed by atoms with Gasteiger partial charge in [-0.05, 0) is 43.4 Å². The van der Waals surface area contributed by atoms with Crippen LogP contribution in [0.2, 0.25) is 0 Å². The molecule has 10 heteroatoms. The number of ether oxygens (including phenoxy) is 1. The Hall–Kier alpha value is -3.69. The van der Waals surface area contributed by atoms with E-state index in [1.54, 1.807) is 6.92 Å². The second kappa shape index (κ2) is 10.3.